The zero-order valence-electron chi connectivity index (χ0n) is 19.6. The minimum Gasteiger partial charge on any atom is -0.375 e. The number of pyridine rings is 1. The van der Waals surface area contributed by atoms with Crippen LogP contribution in [0.3, 0.4) is 0 Å². The molecule has 2 fully saturated rings. The Bertz CT molecular complexity index is 1410. The standard InChI is InChI=1S/C26H27BrN6O2/c1-16-15-32(9-10-35-16)26(34)19-5-4-17(11-19)12-23-29-14-21-24(27)31-33(25(21)30-23)20-6-7-22-18(13-20)3-2-8-28-22/h2-3,6-8,13-14,16-17,19H,4-5,9-12,15H2,1H3/t16-,17-,19-/m1/s1. The van der Waals surface area contributed by atoms with E-state index in [9.17, 15) is 4.79 Å². The lowest BCUT2D eigenvalue weighted by atomic mass is 10.00. The van der Waals surface area contributed by atoms with Gasteiger partial charge in [-0.3, -0.25) is 9.78 Å². The maximum absolute atomic E-state index is 13.0. The molecule has 0 spiro atoms. The monoisotopic (exact) mass is 534 g/mol. The van der Waals surface area contributed by atoms with Gasteiger partial charge >= 0.3 is 0 Å². The largest absolute Gasteiger partial charge is 0.375 e. The average Bonchev–Trinajstić information content (AvgIpc) is 3.47. The van der Waals surface area contributed by atoms with E-state index < -0.39 is 0 Å². The third-order valence-corrected chi connectivity index (χ3v) is 7.76. The summed E-state index contributed by atoms with van der Waals surface area (Å²) in [6.07, 6.45) is 7.39. The van der Waals surface area contributed by atoms with Crippen LogP contribution >= 0.6 is 15.9 Å². The summed E-state index contributed by atoms with van der Waals surface area (Å²) in [6.45, 7) is 4.06. The van der Waals surface area contributed by atoms with Gasteiger partial charge in [0.2, 0.25) is 5.91 Å². The van der Waals surface area contributed by atoms with Crippen molar-refractivity contribution in [1.82, 2.24) is 29.6 Å². The van der Waals surface area contributed by atoms with E-state index in [1.165, 1.54) is 0 Å². The normalized spacial score (nSPS) is 22.8. The first-order valence-corrected chi connectivity index (χ1v) is 13.0. The van der Waals surface area contributed by atoms with Crippen LogP contribution in [0.25, 0.3) is 27.6 Å². The number of benzene rings is 1. The Morgan fingerprint density at radius 1 is 1.23 bits per heavy atom. The van der Waals surface area contributed by atoms with E-state index in [1.807, 2.05) is 47.0 Å². The number of rotatable bonds is 4. The predicted octanol–water partition coefficient (Wildman–Crippen LogP) is 4.33. The summed E-state index contributed by atoms with van der Waals surface area (Å²) < 4.78 is 8.17. The summed E-state index contributed by atoms with van der Waals surface area (Å²) in [7, 11) is 0. The number of aromatic nitrogens is 5. The Hall–Kier alpha value is -2.91. The van der Waals surface area contributed by atoms with Gasteiger partial charge in [-0.05, 0) is 72.3 Å². The minimum atomic E-state index is 0.0971. The molecular weight excluding hydrogens is 508 g/mol. The Labute approximate surface area is 211 Å². The second kappa shape index (κ2) is 9.28. The van der Waals surface area contributed by atoms with E-state index >= 15 is 0 Å². The topological polar surface area (TPSA) is 86.0 Å². The van der Waals surface area contributed by atoms with Gasteiger partial charge in [0.1, 0.15) is 10.4 Å². The molecule has 4 aromatic rings. The van der Waals surface area contributed by atoms with Crippen molar-refractivity contribution in [1.29, 1.82) is 0 Å². The van der Waals surface area contributed by atoms with Gasteiger partial charge in [-0.25, -0.2) is 14.6 Å². The van der Waals surface area contributed by atoms with Gasteiger partial charge in [0.05, 0.1) is 29.3 Å². The molecule has 35 heavy (non-hydrogen) atoms. The molecule has 180 valence electrons. The van der Waals surface area contributed by atoms with E-state index in [2.05, 4.69) is 37.1 Å². The smallest absolute Gasteiger partial charge is 0.225 e. The molecule has 1 saturated heterocycles. The molecule has 3 aromatic heterocycles. The van der Waals surface area contributed by atoms with Crippen LogP contribution in [0.4, 0.5) is 0 Å². The Morgan fingerprint density at radius 3 is 3.03 bits per heavy atom. The van der Waals surface area contributed by atoms with Crippen LogP contribution in [-0.2, 0) is 16.0 Å². The van der Waals surface area contributed by atoms with Gasteiger partial charge in [0.15, 0.2) is 5.65 Å². The first-order valence-electron chi connectivity index (χ1n) is 12.2. The Morgan fingerprint density at radius 2 is 2.14 bits per heavy atom. The zero-order valence-corrected chi connectivity index (χ0v) is 21.2. The lowest BCUT2D eigenvalue weighted by Crippen LogP contribution is -2.46. The van der Waals surface area contributed by atoms with Crippen LogP contribution in [0.15, 0.2) is 47.3 Å². The number of ether oxygens (including phenoxy) is 1. The molecule has 1 aliphatic carbocycles. The molecule has 2 aliphatic rings. The molecule has 0 unspecified atom stereocenters. The second-order valence-electron chi connectivity index (χ2n) is 9.65. The molecule has 1 saturated carbocycles. The number of halogens is 1. The van der Waals surface area contributed by atoms with E-state index in [0.717, 1.165) is 63.7 Å². The summed E-state index contributed by atoms with van der Waals surface area (Å²) in [6, 6.07) is 10.1. The maximum atomic E-state index is 13.0. The molecule has 3 atom stereocenters. The lowest BCUT2D eigenvalue weighted by molar-refractivity contribution is -0.142. The number of hydrogen-bond donors (Lipinski definition) is 0. The van der Waals surface area contributed by atoms with Crippen molar-refractivity contribution in [3.05, 3.63) is 53.2 Å². The highest BCUT2D eigenvalue weighted by atomic mass is 79.9. The molecule has 4 heterocycles. The average molecular weight is 535 g/mol. The highest BCUT2D eigenvalue weighted by molar-refractivity contribution is 9.10. The van der Waals surface area contributed by atoms with Crippen molar-refractivity contribution in [2.24, 2.45) is 11.8 Å². The molecule has 0 radical (unpaired) electrons. The highest BCUT2D eigenvalue weighted by Crippen LogP contribution is 2.35. The van der Waals surface area contributed by atoms with Crippen molar-refractivity contribution >= 4 is 43.8 Å². The molecule has 8 nitrogen and oxygen atoms in total. The highest BCUT2D eigenvalue weighted by Gasteiger charge is 2.34. The van der Waals surface area contributed by atoms with Crippen LogP contribution in [-0.4, -0.2) is 61.3 Å². The van der Waals surface area contributed by atoms with Crippen LogP contribution < -0.4 is 0 Å². The van der Waals surface area contributed by atoms with E-state index in [4.69, 9.17) is 9.72 Å². The molecule has 1 aromatic carbocycles. The van der Waals surface area contributed by atoms with Crippen LogP contribution in [0, 0.1) is 11.8 Å². The summed E-state index contributed by atoms with van der Waals surface area (Å²) in [5.41, 5.74) is 2.65. The fourth-order valence-corrected chi connectivity index (χ4v) is 5.84. The van der Waals surface area contributed by atoms with Crippen molar-refractivity contribution < 1.29 is 9.53 Å². The van der Waals surface area contributed by atoms with Gasteiger partial charge in [-0.2, -0.15) is 5.10 Å². The van der Waals surface area contributed by atoms with Crippen molar-refractivity contribution in [2.75, 3.05) is 19.7 Å². The molecule has 9 heteroatoms. The first kappa shape index (κ1) is 22.5. The number of fused-ring (bicyclic) bond motifs is 2. The maximum Gasteiger partial charge on any atom is 0.225 e. The third-order valence-electron chi connectivity index (χ3n) is 7.17. The lowest BCUT2D eigenvalue weighted by Gasteiger charge is -2.33. The fraction of sp³-hybridized carbons (Fsp3) is 0.423. The van der Waals surface area contributed by atoms with Crippen molar-refractivity contribution in [3.8, 4) is 5.69 Å². The molecule has 0 bridgehead atoms. The van der Waals surface area contributed by atoms with Crippen molar-refractivity contribution in [3.63, 3.8) is 0 Å². The zero-order chi connectivity index (χ0) is 23.9. The second-order valence-corrected chi connectivity index (χ2v) is 10.4. The summed E-state index contributed by atoms with van der Waals surface area (Å²) in [5, 5.41) is 6.61. The van der Waals surface area contributed by atoms with Gasteiger partial charge in [0.25, 0.3) is 0 Å². The minimum absolute atomic E-state index is 0.0971. The van der Waals surface area contributed by atoms with Crippen LogP contribution in [0.1, 0.15) is 32.0 Å². The number of hydrogen-bond acceptors (Lipinski definition) is 6. The van der Waals surface area contributed by atoms with Gasteiger partial charge in [-0.15, -0.1) is 0 Å². The number of carbonyl (C=O) groups is 1. The van der Waals surface area contributed by atoms with E-state index in [0.29, 0.717) is 25.6 Å². The number of nitrogens with zero attached hydrogens (tertiary/aromatic N) is 6. The van der Waals surface area contributed by atoms with Gasteiger partial charge in [0, 0.05) is 43.2 Å². The summed E-state index contributed by atoms with van der Waals surface area (Å²) in [4.78, 5) is 29.0. The number of morpholine rings is 1. The first-order chi connectivity index (χ1) is 17.0. The van der Waals surface area contributed by atoms with Gasteiger partial charge < -0.3 is 9.64 Å². The summed E-state index contributed by atoms with van der Waals surface area (Å²) in [5.74, 6) is 1.59. The third kappa shape index (κ3) is 4.43. The van der Waals surface area contributed by atoms with Crippen molar-refractivity contribution in [2.45, 2.75) is 38.7 Å². The SMILES string of the molecule is C[C@@H]1CN(C(=O)[C@@H]2CC[C@@H](Cc3ncc4c(Br)nn(-c5ccc6ncccc6c5)c4n3)C2)CCO1. The molecule has 1 aliphatic heterocycles. The Kier molecular flexibility index (Phi) is 5.98. The predicted molar refractivity (Wildman–Crippen MR) is 136 cm³/mol. The molecule has 6 rings (SSSR count). The van der Waals surface area contributed by atoms with E-state index in [-0.39, 0.29) is 17.9 Å². The molecular formula is C26H27BrN6O2. The Balaban J connectivity index is 1.22. The van der Waals surface area contributed by atoms with Crippen LogP contribution in [0.2, 0.25) is 0 Å². The van der Waals surface area contributed by atoms with E-state index in [1.54, 1.807) is 6.20 Å². The van der Waals surface area contributed by atoms with Gasteiger partial charge in [-0.1, -0.05) is 6.07 Å². The molecule has 0 N–H and O–H groups in total. The fourth-order valence-electron chi connectivity index (χ4n) is 5.40. The molecule has 1 amide bonds. The van der Waals surface area contributed by atoms with Crippen LogP contribution in [0.5, 0.6) is 0 Å². The number of amides is 1. The number of carbonyl (C=O) groups excluding carboxylic acids is 1. The summed E-state index contributed by atoms with van der Waals surface area (Å²) >= 11 is 3.57. The quantitative estimate of drug-likeness (QED) is 0.387.